The molecule has 0 aliphatic heterocycles. The number of nitrogens with one attached hydrogen (secondary N) is 1. The molecule has 0 unspecified atom stereocenters. The van der Waals surface area contributed by atoms with Crippen LogP contribution in [0.4, 0.5) is 4.39 Å². The molecule has 8 heteroatoms. The van der Waals surface area contributed by atoms with Crippen LogP contribution in [0.1, 0.15) is 29.4 Å². The lowest BCUT2D eigenvalue weighted by atomic mass is 10.1. The normalized spacial score (nSPS) is 11.6. The van der Waals surface area contributed by atoms with Crippen LogP contribution in [-0.2, 0) is 7.05 Å². The predicted molar refractivity (Wildman–Crippen MR) is 99.3 cm³/mol. The molecular formula is C19H17FN4O3. The second-order valence-electron chi connectivity index (χ2n) is 5.84. The smallest absolute Gasteiger partial charge is 0.292 e. The molecule has 0 spiro atoms. The number of hydrazone groups is 1. The van der Waals surface area contributed by atoms with Crippen LogP contribution in [0.2, 0.25) is 0 Å². The number of carbonyl (C=O) groups is 1. The second-order valence-corrected chi connectivity index (χ2v) is 5.84. The fourth-order valence-corrected chi connectivity index (χ4v) is 2.71. The van der Waals surface area contributed by atoms with Crippen molar-refractivity contribution < 1.29 is 14.3 Å². The van der Waals surface area contributed by atoms with Crippen molar-refractivity contribution >= 4 is 22.4 Å². The highest BCUT2D eigenvalue weighted by Crippen LogP contribution is 2.20. The quantitative estimate of drug-likeness (QED) is 0.546. The molecule has 2 N–H and O–H groups in total. The molecule has 0 saturated carbocycles. The summed E-state index contributed by atoms with van der Waals surface area (Å²) in [6.07, 6.45) is 0.346. The Morgan fingerprint density at radius 2 is 1.96 bits per heavy atom. The fraction of sp³-hybridized carbons (Fsp3) is 0.158. The number of benzene rings is 2. The van der Waals surface area contributed by atoms with Gasteiger partial charge in [0, 0.05) is 18.0 Å². The molecule has 0 radical (unpaired) electrons. The highest BCUT2D eigenvalue weighted by Gasteiger charge is 2.16. The van der Waals surface area contributed by atoms with Crippen LogP contribution in [0, 0.1) is 5.82 Å². The number of rotatable bonds is 4. The van der Waals surface area contributed by atoms with Crippen LogP contribution in [0.25, 0.3) is 10.8 Å². The van der Waals surface area contributed by atoms with Gasteiger partial charge >= 0.3 is 0 Å². The molecule has 0 atom stereocenters. The van der Waals surface area contributed by atoms with E-state index in [9.17, 15) is 19.1 Å². The van der Waals surface area contributed by atoms with Crippen LogP contribution in [-0.4, -0.2) is 26.5 Å². The number of carbonyl (C=O) groups excluding carboxylic acids is 1. The summed E-state index contributed by atoms with van der Waals surface area (Å²) in [4.78, 5) is 24.7. The Hall–Kier alpha value is -3.55. The van der Waals surface area contributed by atoms with Gasteiger partial charge in [0.1, 0.15) is 11.6 Å². The van der Waals surface area contributed by atoms with Crippen molar-refractivity contribution in [3.8, 4) is 5.75 Å². The number of aromatic nitrogens is 2. The van der Waals surface area contributed by atoms with E-state index < -0.39 is 11.7 Å². The van der Waals surface area contributed by atoms with Crippen molar-refractivity contribution in [2.24, 2.45) is 12.1 Å². The number of phenolic OH excluding ortho intramolecular Hbond substituents is 1. The Bertz CT molecular complexity index is 1120. The van der Waals surface area contributed by atoms with Crippen LogP contribution >= 0.6 is 0 Å². The molecule has 138 valence electrons. The Morgan fingerprint density at radius 3 is 2.67 bits per heavy atom. The van der Waals surface area contributed by atoms with E-state index in [4.69, 9.17) is 0 Å². The van der Waals surface area contributed by atoms with Crippen LogP contribution in [0.15, 0.2) is 52.4 Å². The first-order valence-electron chi connectivity index (χ1n) is 8.24. The van der Waals surface area contributed by atoms with Gasteiger partial charge < -0.3 is 5.11 Å². The lowest BCUT2D eigenvalue weighted by Crippen LogP contribution is -2.27. The number of hydrogen-bond acceptors (Lipinski definition) is 5. The van der Waals surface area contributed by atoms with E-state index in [0.29, 0.717) is 22.9 Å². The summed E-state index contributed by atoms with van der Waals surface area (Å²) in [6.45, 7) is 1.76. The third-order valence-electron chi connectivity index (χ3n) is 4.07. The summed E-state index contributed by atoms with van der Waals surface area (Å²) in [5.74, 6) is -1.29. The SMILES string of the molecule is CC/C(=N\NC(=O)c1nn(C)c(=O)c2ccccc12)c1cc(F)ccc1O. The van der Waals surface area contributed by atoms with Gasteiger partial charge in [0.15, 0.2) is 5.69 Å². The lowest BCUT2D eigenvalue weighted by Gasteiger charge is -2.09. The van der Waals surface area contributed by atoms with E-state index in [2.05, 4.69) is 15.6 Å². The first-order chi connectivity index (χ1) is 12.9. The molecule has 3 rings (SSSR count). The van der Waals surface area contributed by atoms with Gasteiger partial charge in [0.05, 0.1) is 11.1 Å². The molecular weight excluding hydrogens is 351 g/mol. The van der Waals surface area contributed by atoms with E-state index in [1.54, 1.807) is 31.2 Å². The summed E-state index contributed by atoms with van der Waals surface area (Å²) < 4.78 is 14.6. The maximum Gasteiger partial charge on any atom is 0.292 e. The van der Waals surface area contributed by atoms with E-state index in [-0.39, 0.29) is 22.6 Å². The molecule has 0 fully saturated rings. The van der Waals surface area contributed by atoms with Crippen LogP contribution in [0.5, 0.6) is 5.75 Å². The van der Waals surface area contributed by atoms with Gasteiger partial charge in [-0.25, -0.2) is 14.5 Å². The van der Waals surface area contributed by atoms with Gasteiger partial charge in [-0.1, -0.05) is 25.1 Å². The first kappa shape index (κ1) is 18.2. The first-order valence-corrected chi connectivity index (χ1v) is 8.24. The minimum absolute atomic E-state index is 0.0374. The predicted octanol–water partition coefficient (Wildman–Crippen LogP) is 2.32. The number of halogens is 1. The van der Waals surface area contributed by atoms with E-state index in [0.717, 1.165) is 16.8 Å². The zero-order valence-electron chi connectivity index (χ0n) is 14.7. The molecule has 0 saturated heterocycles. The van der Waals surface area contributed by atoms with Gasteiger partial charge in [-0.2, -0.15) is 10.2 Å². The molecule has 1 aromatic heterocycles. The molecule has 27 heavy (non-hydrogen) atoms. The third kappa shape index (κ3) is 3.55. The second kappa shape index (κ2) is 7.36. The molecule has 3 aromatic rings. The number of amides is 1. The van der Waals surface area contributed by atoms with Gasteiger partial charge in [0.25, 0.3) is 11.5 Å². The molecule has 1 heterocycles. The van der Waals surface area contributed by atoms with E-state index >= 15 is 0 Å². The number of nitrogens with zero attached hydrogens (tertiary/aromatic N) is 3. The van der Waals surface area contributed by atoms with Crippen molar-refractivity contribution in [3.05, 3.63) is 69.9 Å². The maximum absolute atomic E-state index is 13.5. The van der Waals surface area contributed by atoms with Gasteiger partial charge in [-0.05, 0) is 30.7 Å². The summed E-state index contributed by atoms with van der Waals surface area (Å²) in [5, 5.41) is 18.7. The monoisotopic (exact) mass is 368 g/mol. The lowest BCUT2D eigenvalue weighted by molar-refractivity contribution is 0.0949. The zero-order valence-corrected chi connectivity index (χ0v) is 14.7. The summed E-state index contributed by atoms with van der Waals surface area (Å²) in [7, 11) is 1.46. The molecule has 1 amide bonds. The maximum atomic E-state index is 13.5. The minimum Gasteiger partial charge on any atom is -0.507 e. The molecule has 0 aliphatic carbocycles. The topological polar surface area (TPSA) is 96.6 Å². The van der Waals surface area contributed by atoms with Crippen molar-refractivity contribution in [1.29, 1.82) is 0 Å². The number of fused-ring (bicyclic) bond motifs is 1. The average Bonchev–Trinajstić information content (AvgIpc) is 2.67. The number of phenols is 1. The highest BCUT2D eigenvalue weighted by atomic mass is 19.1. The van der Waals surface area contributed by atoms with Gasteiger partial charge in [-0.3, -0.25) is 9.59 Å². The third-order valence-corrected chi connectivity index (χ3v) is 4.07. The van der Waals surface area contributed by atoms with E-state index in [1.165, 1.54) is 13.1 Å². The molecule has 0 aliphatic rings. The summed E-state index contributed by atoms with van der Waals surface area (Å²) >= 11 is 0. The summed E-state index contributed by atoms with van der Waals surface area (Å²) in [5.41, 5.74) is 2.58. The Labute approximate surface area is 153 Å². The van der Waals surface area contributed by atoms with Crippen molar-refractivity contribution in [3.63, 3.8) is 0 Å². The van der Waals surface area contributed by atoms with E-state index in [1.807, 2.05) is 0 Å². The molecule has 2 aromatic carbocycles. The fourth-order valence-electron chi connectivity index (χ4n) is 2.71. The molecule has 0 bridgehead atoms. The average molecular weight is 368 g/mol. The number of aromatic hydroxyl groups is 1. The number of aryl methyl sites for hydroxylation is 1. The Balaban J connectivity index is 1.99. The molecule has 7 nitrogen and oxygen atoms in total. The highest BCUT2D eigenvalue weighted by molar-refractivity contribution is 6.07. The zero-order chi connectivity index (χ0) is 19.6. The van der Waals surface area contributed by atoms with Crippen molar-refractivity contribution in [1.82, 2.24) is 15.2 Å². The van der Waals surface area contributed by atoms with Crippen molar-refractivity contribution in [2.75, 3.05) is 0 Å². The Morgan fingerprint density at radius 1 is 1.26 bits per heavy atom. The number of hydrogen-bond donors (Lipinski definition) is 2. The Kier molecular flexibility index (Phi) is 4.98. The minimum atomic E-state index is -0.622. The van der Waals surface area contributed by atoms with Gasteiger partial charge in [0.2, 0.25) is 0 Å². The summed E-state index contributed by atoms with van der Waals surface area (Å²) in [6, 6.07) is 10.1. The standard InChI is InChI=1S/C19H17FN4O3/c1-3-15(14-10-11(20)8-9-16(14)25)21-22-18(26)17-12-6-4-5-7-13(12)19(27)24(2)23-17/h4-10,25H,3H2,1-2H3,(H,22,26)/b21-15+. The van der Waals surface area contributed by atoms with Crippen molar-refractivity contribution in [2.45, 2.75) is 13.3 Å². The van der Waals surface area contributed by atoms with Crippen LogP contribution < -0.4 is 11.0 Å². The van der Waals surface area contributed by atoms with Gasteiger partial charge in [-0.15, -0.1) is 0 Å². The largest absolute Gasteiger partial charge is 0.507 e. The van der Waals surface area contributed by atoms with Crippen LogP contribution in [0.3, 0.4) is 0 Å².